The number of rotatable bonds is 5. The Kier molecular flexibility index (Phi) is 6.05. The van der Waals surface area contributed by atoms with E-state index in [9.17, 15) is 4.79 Å². The number of carbonyl (C=O) groups is 1. The number of nitrogens with zero attached hydrogens (tertiary/aromatic N) is 2. The van der Waals surface area contributed by atoms with Crippen LogP contribution in [0.2, 0.25) is 0 Å². The van der Waals surface area contributed by atoms with Crippen molar-refractivity contribution < 1.29 is 4.79 Å². The van der Waals surface area contributed by atoms with Crippen LogP contribution in [0.15, 0.2) is 72.9 Å². The van der Waals surface area contributed by atoms with Crippen LogP contribution in [0.4, 0.5) is 16.3 Å². The number of anilines is 2. The van der Waals surface area contributed by atoms with E-state index >= 15 is 0 Å². The van der Waals surface area contributed by atoms with Gasteiger partial charge in [-0.25, -0.2) is 9.78 Å². The third-order valence-corrected chi connectivity index (χ3v) is 5.20. The maximum Gasteiger partial charge on any atom is 0.319 e. The van der Waals surface area contributed by atoms with E-state index in [1.54, 1.807) is 0 Å². The van der Waals surface area contributed by atoms with Gasteiger partial charge >= 0.3 is 6.03 Å². The van der Waals surface area contributed by atoms with Crippen LogP contribution in [-0.2, 0) is 6.54 Å². The van der Waals surface area contributed by atoms with Gasteiger partial charge in [-0.1, -0.05) is 48.5 Å². The Morgan fingerprint density at radius 2 is 1.69 bits per heavy atom. The predicted molar refractivity (Wildman–Crippen MR) is 118 cm³/mol. The van der Waals surface area contributed by atoms with Crippen LogP contribution in [0.3, 0.4) is 0 Å². The Morgan fingerprint density at radius 1 is 0.931 bits per heavy atom. The molecule has 0 aliphatic carbocycles. The molecule has 1 aromatic heterocycles. The molecule has 0 spiro atoms. The van der Waals surface area contributed by atoms with Gasteiger partial charge in [-0.15, -0.1) is 0 Å². The van der Waals surface area contributed by atoms with Crippen molar-refractivity contribution in [2.45, 2.75) is 25.8 Å². The number of pyridine rings is 1. The van der Waals surface area contributed by atoms with E-state index in [2.05, 4.69) is 26.6 Å². The molecular weight excluding hydrogens is 360 g/mol. The van der Waals surface area contributed by atoms with Gasteiger partial charge in [0.25, 0.3) is 0 Å². The lowest BCUT2D eigenvalue weighted by Gasteiger charge is -2.27. The fraction of sp³-hybridized carbons (Fsp3) is 0.250. The van der Waals surface area contributed by atoms with E-state index in [0.717, 1.165) is 41.3 Å². The number of nitrogens with one attached hydrogen (secondary N) is 2. The first-order valence-corrected chi connectivity index (χ1v) is 10.2. The summed E-state index contributed by atoms with van der Waals surface area (Å²) >= 11 is 0. The lowest BCUT2D eigenvalue weighted by atomic mass is 10.0. The molecule has 29 heavy (non-hydrogen) atoms. The molecule has 0 saturated carbocycles. The topological polar surface area (TPSA) is 57.3 Å². The molecule has 5 heteroatoms. The number of hydrogen-bond donors (Lipinski definition) is 2. The van der Waals surface area contributed by atoms with Crippen LogP contribution in [0.1, 0.15) is 24.8 Å². The van der Waals surface area contributed by atoms with Gasteiger partial charge in [-0.2, -0.15) is 0 Å². The summed E-state index contributed by atoms with van der Waals surface area (Å²) in [5.41, 5.74) is 3.91. The van der Waals surface area contributed by atoms with E-state index in [-0.39, 0.29) is 6.03 Å². The summed E-state index contributed by atoms with van der Waals surface area (Å²) in [6, 6.07) is 21.7. The molecule has 3 aromatic rings. The minimum Gasteiger partial charge on any atom is -0.357 e. The number of urea groups is 1. The van der Waals surface area contributed by atoms with Gasteiger partial charge in [0.2, 0.25) is 0 Å². The SMILES string of the molecule is O=C(NCc1ccnc(N2CCCCC2)c1)Nc1ccccc1-c1ccccc1. The van der Waals surface area contributed by atoms with Crippen molar-refractivity contribution in [2.75, 3.05) is 23.3 Å². The van der Waals surface area contributed by atoms with Gasteiger partial charge in [0.05, 0.1) is 5.69 Å². The molecule has 4 rings (SSSR count). The Morgan fingerprint density at radius 3 is 2.52 bits per heavy atom. The molecule has 1 fully saturated rings. The van der Waals surface area contributed by atoms with Crippen molar-refractivity contribution in [3.63, 3.8) is 0 Å². The molecule has 148 valence electrons. The van der Waals surface area contributed by atoms with Gasteiger partial charge < -0.3 is 15.5 Å². The molecule has 2 N–H and O–H groups in total. The second-order valence-electron chi connectivity index (χ2n) is 7.29. The monoisotopic (exact) mass is 386 g/mol. The second-order valence-corrected chi connectivity index (χ2v) is 7.29. The molecule has 2 aromatic carbocycles. The van der Waals surface area contributed by atoms with E-state index in [0.29, 0.717) is 6.54 Å². The predicted octanol–water partition coefficient (Wildman–Crippen LogP) is 5.06. The van der Waals surface area contributed by atoms with Crippen molar-refractivity contribution in [1.29, 1.82) is 0 Å². The standard InChI is InChI=1S/C24H26N4O/c29-24(27-22-12-6-5-11-21(22)20-9-3-1-4-10-20)26-18-19-13-14-25-23(17-19)28-15-7-2-8-16-28/h1,3-6,9-14,17H,2,7-8,15-16,18H2,(H2,26,27,29). The Balaban J connectivity index is 1.39. The minimum absolute atomic E-state index is 0.218. The molecule has 2 amide bonds. The zero-order valence-corrected chi connectivity index (χ0v) is 16.5. The number of para-hydroxylation sites is 1. The van der Waals surface area contributed by atoms with Crippen molar-refractivity contribution in [3.8, 4) is 11.1 Å². The maximum atomic E-state index is 12.5. The summed E-state index contributed by atoms with van der Waals surface area (Å²) in [5, 5.41) is 5.94. The van der Waals surface area contributed by atoms with Crippen LogP contribution in [0.5, 0.6) is 0 Å². The van der Waals surface area contributed by atoms with E-state index < -0.39 is 0 Å². The highest BCUT2D eigenvalue weighted by Gasteiger charge is 2.13. The van der Waals surface area contributed by atoms with Crippen molar-refractivity contribution in [1.82, 2.24) is 10.3 Å². The van der Waals surface area contributed by atoms with Crippen molar-refractivity contribution in [2.24, 2.45) is 0 Å². The molecule has 1 aliphatic rings. The maximum absolute atomic E-state index is 12.5. The van der Waals surface area contributed by atoms with Crippen LogP contribution in [0, 0.1) is 0 Å². The highest BCUT2D eigenvalue weighted by atomic mass is 16.2. The van der Waals surface area contributed by atoms with Crippen LogP contribution < -0.4 is 15.5 Å². The first-order valence-electron chi connectivity index (χ1n) is 10.2. The molecular formula is C24H26N4O. The summed E-state index contributed by atoms with van der Waals surface area (Å²) < 4.78 is 0. The fourth-order valence-corrected chi connectivity index (χ4v) is 3.68. The zero-order valence-electron chi connectivity index (χ0n) is 16.5. The molecule has 1 aliphatic heterocycles. The third-order valence-electron chi connectivity index (χ3n) is 5.20. The number of benzene rings is 2. The van der Waals surface area contributed by atoms with Gasteiger partial charge in [0, 0.05) is 31.4 Å². The molecule has 0 unspecified atom stereocenters. The summed E-state index contributed by atoms with van der Waals surface area (Å²) in [7, 11) is 0. The number of carbonyl (C=O) groups excluding carboxylic acids is 1. The van der Waals surface area contributed by atoms with Crippen LogP contribution in [0.25, 0.3) is 11.1 Å². The zero-order chi connectivity index (χ0) is 19.9. The second kappa shape index (κ2) is 9.24. The average Bonchev–Trinajstić information content (AvgIpc) is 2.79. The molecule has 1 saturated heterocycles. The summed E-state index contributed by atoms with van der Waals surface area (Å²) in [4.78, 5) is 19.3. The van der Waals surface area contributed by atoms with Gasteiger partial charge in [-0.05, 0) is 48.6 Å². The molecule has 2 heterocycles. The molecule has 0 atom stereocenters. The molecule has 0 radical (unpaired) electrons. The van der Waals surface area contributed by atoms with Gasteiger partial charge in [0.1, 0.15) is 5.82 Å². The summed E-state index contributed by atoms with van der Waals surface area (Å²) in [6.07, 6.45) is 5.55. The largest absolute Gasteiger partial charge is 0.357 e. The van der Waals surface area contributed by atoms with Crippen molar-refractivity contribution in [3.05, 3.63) is 78.5 Å². The van der Waals surface area contributed by atoms with Crippen molar-refractivity contribution >= 4 is 17.5 Å². The Hall–Kier alpha value is -3.34. The number of piperidine rings is 1. The highest BCUT2D eigenvalue weighted by Crippen LogP contribution is 2.27. The van der Waals surface area contributed by atoms with Gasteiger partial charge in [0.15, 0.2) is 0 Å². The Labute approximate surface area is 171 Å². The third kappa shape index (κ3) is 4.93. The first-order chi connectivity index (χ1) is 14.3. The lowest BCUT2D eigenvalue weighted by Crippen LogP contribution is -2.31. The first kappa shape index (κ1) is 19.0. The molecule has 5 nitrogen and oxygen atoms in total. The minimum atomic E-state index is -0.218. The fourth-order valence-electron chi connectivity index (χ4n) is 3.68. The van der Waals surface area contributed by atoms with Crippen LogP contribution in [-0.4, -0.2) is 24.1 Å². The molecule has 0 bridgehead atoms. The quantitative estimate of drug-likeness (QED) is 0.644. The highest BCUT2D eigenvalue weighted by molar-refractivity contribution is 5.94. The number of aromatic nitrogens is 1. The average molecular weight is 386 g/mol. The summed E-state index contributed by atoms with van der Waals surface area (Å²) in [5.74, 6) is 0.999. The Bertz CT molecular complexity index is 952. The van der Waals surface area contributed by atoms with E-state index in [1.165, 1.54) is 19.3 Å². The number of amides is 2. The van der Waals surface area contributed by atoms with Crippen LogP contribution >= 0.6 is 0 Å². The number of hydrogen-bond acceptors (Lipinski definition) is 3. The van der Waals surface area contributed by atoms with E-state index in [1.807, 2.05) is 66.9 Å². The lowest BCUT2D eigenvalue weighted by molar-refractivity contribution is 0.251. The smallest absolute Gasteiger partial charge is 0.319 e. The summed E-state index contributed by atoms with van der Waals surface area (Å²) in [6.45, 7) is 2.57. The normalized spacial score (nSPS) is 13.7. The van der Waals surface area contributed by atoms with Gasteiger partial charge in [-0.3, -0.25) is 0 Å². The van der Waals surface area contributed by atoms with E-state index in [4.69, 9.17) is 0 Å².